The molecule has 0 atom stereocenters. The molecule has 0 amide bonds. The molecular weight excluding hydrogens is 312 g/mol. The largest absolute Gasteiger partial charge is 0.507 e. The van der Waals surface area contributed by atoms with E-state index < -0.39 is 0 Å². The fourth-order valence-electron chi connectivity index (χ4n) is 2.97. The summed E-state index contributed by atoms with van der Waals surface area (Å²) in [5, 5.41) is 16.2. The summed E-state index contributed by atoms with van der Waals surface area (Å²) in [7, 11) is 0. The lowest BCUT2D eigenvalue weighted by Crippen LogP contribution is -2.22. The average Bonchev–Trinajstić information content (AvgIpc) is 2.65. The molecule has 4 aromatic rings. The van der Waals surface area contributed by atoms with Gasteiger partial charge in [-0.05, 0) is 37.3 Å². The Morgan fingerprint density at radius 1 is 0.880 bits per heavy atom. The van der Waals surface area contributed by atoms with E-state index in [2.05, 4.69) is 5.10 Å². The fourth-order valence-corrected chi connectivity index (χ4v) is 2.97. The van der Waals surface area contributed by atoms with Crippen molar-refractivity contribution in [3.63, 3.8) is 0 Å². The number of phenols is 1. The maximum Gasteiger partial charge on any atom is 0.279 e. The molecule has 1 N–H and O–H groups in total. The van der Waals surface area contributed by atoms with Crippen molar-refractivity contribution in [3.05, 3.63) is 88.7 Å². The van der Waals surface area contributed by atoms with Crippen LogP contribution in [0.2, 0.25) is 0 Å². The molecule has 0 saturated heterocycles. The number of hydrogen-bond acceptors (Lipinski definition) is 3. The maximum absolute atomic E-state index is 12.9. The number of aryl methyl sites for hydroxylation is 1. The van der Waals surface area contributed by atoms with Crippen molar-refractivity contribution < 1.29 is 5.11 Å². The number of aromatic hydroxyl groups is 1. The highest BCUT2D eigenvalue weighted by Crippen LogP contribution is 2.32. The Bertz CT molecular complexity index is 1130. The van der Waals surface area contributed by atoms with Gasteiger partial charge in [0.1, 0.15) is 11.4 Å². The Balaban J connectivity index is 2.13. The first kappa shape index (κ1) is 15.1. The molecule has 0 unspecified atom stereocenters. The van der Waals surface area contributed by atoms with Gasteiger partial charge < -0.3 is 5.11 Å². The third kappa shape index (κ3) is 2.58. The van der Waals surface area contributed by atoms with Crippen LogP contribution in [0.15, 0.2) is 77.6 Å². The number of fused-ring (bicyclic) bond motifs is 1. The predicted octanol–water partition coefficient (Wildman–Crippen LogP) is 4.07. The van der Waals surface area contributed by atoms with Crippen LogP contribution in [0, 0.1) is 6.92 Å². The quantitative estimate of drug-likeness (QED) is 0.603. The van der Waals surface area contributed by atoms with Gasteiger partial charge in [-0.3, -0.25) is 4.79 Å². The molecule has 0 saturated carbocycles. The van der Waals surface area contributed by atoms with Crippen molar-refractivity contribution in [2.75, 3.05) is 0 Å². The summed E-state index contributed by atoms with van der Waals surface area (Å²) in [6.45, 7) is 1.96. The van der Waals surface area contributed by atoms with E-state index in [9.17, 15) is 9.90 Å². The lowest BCUT2D eigenvalue weighted by molar-refractivity contribution is 0.477. The van der Waals surface area contributed by atoms with Gasteiger partial charge in [-0.25, -0.2) is 0 Å². The molecule has 0 aliphatic carbocycles. The minimum atomic E-state index is -0.183. The number of hydrogen-bond donors (Lipinski definition) is 1. The van der Waals surface area contributed by atoms with Crippen molar-refractivity contribution in [2.45, 2.75) is 6.92 Å². The van der Waals surface area contributed by atoms with Crippen LogP contribution < -0.4 is 5.56 Å². The van der Waals surface area contributed by atoms with Gasteiger partial charge in [0.2, 0.25) is 0 Å². The van der Waals surface area contributed by atoms with Gasteiger partial charge in [0.05, 0.1) is 11.1 Å². The summed E-state index contributed by atoms with van der Waals surface area (Å²) >= 11 is 0. The van der Waals surface area contributed by atoms with Crippen molar-refractivity contribution in [1.82, 2.24) is 9.78 Å². The van der Waals surface area contributed by atoms with Gasteiger partial charge in [-0.15, -0.1) is 0 Å². The maximum atomic E-state index is 12.9. The van der Waals surface area contributed by atoms with Crippen LogP contribution in [0.5, 0.6) is 5.75 Å². The van der Waals surface area contributed by atoms with E-state index >= 15 is 0 Å². The number of rotatable bonds is 2. The number of phenolic OH excluding ortho intramolecular Hbond substituents is 1. The third-order valence-electron chi connectivity index (χ3n) is 4.21. The summed E-state index contributed by atoms with van der Waals surface area (Å²) in [5.74, 6) is 0.140. The second-order valence-electron chi connectivity index (χ2n) is 5.97. The van der Waals surface area contributed by atoms with E-state index in [1.807, 2.05) is 67.6 Å². The van der Waals surface area contributed by atoms with Crippen LogP contribution in [0.4, 0.5) is 0 Å². The summed E-state index contributed by atoms with van der Waals surface area (Å²) in [6, 6.07) is 22.0. The molecule has 0 aliphatic rings. The Morgan fingerprint density at radius 3 is 2.32 bits per heavy atom. The summed E-state index contributed by atoms with van der Waals surface area (Å²) < 4.78 is 1.39. The zero-order chi connectivity index (χ0) is 17.4. The molecule has 0 spiro atoms. The number of para-hydroxylation sites is 1. The number of nitrogens with zero attached hydrogens (tertiary/aromatic N) is 2. The van der Waals surface area contributed by atoms with Crippen LogP contribution in [0.3, 0.4) is 0 Å². The van der Waals surface area contributed by atoms with Crippen molar-refractivity contribution in [3.8, 4) is 22.7 Å². The molecule has 3 aromatic carbocycles. The molecule has 4 nitrogen and oxygen atoms in total. The predicted molar refractivity (Wildman–Crippen MR) is 99.2 cm³/mol. The van der Waals surface area contributed by atoms with Crippen LogP contribution in [-0.4, -0.2) is 14.9 Å². The first-order valence-corrected chi connectivity index (χ1v) is 8.02. The smallest absolute Gasteiger partial charge is 0.279 e. The molecule has 4 heteroatoms. The van der Waals surface area contributed by atoms with E-state index in [-0.39, 0.29) is 11.3 Å². The van der Waals surface area contributed by atoms with Gasteiger partial charge in [0.25, 0.3) is 5.56 Å². The highest BCUT2D eigenvalue weighted by Gasteiger charge is 2.15. The normalized spacial score (nSPS) is 10.9. The average molecular weight is 328 g/mol. The zero-order valence-electron chi connectivity index (χ0n) is 13.7. The molecule has 1 aromatic heterocycles. The topological polar surface area (TPSA) is 55.1 Å². The lowest BCUT2D eigenvalue weighted by Gasteiger charge is -2.12. The van der Waals surface area contributed by atoms with Crippen LogP contribution in [-0.2, 0) is 0 Å². The molecule has 25 heavy (non-hydrogen) atoms. The highest BCUT2D eigenvalue weighted by atomic mass is 16.3. The minimum absolute atomic E-state index is 0.140. The second-order valence-corrected chi connectivity index (χ2v) is 5.97. The third-order valence-corrected chi connectivity index (χ3v) is 4.21. The first-order chi connectivity index (χ1) is 12.1. The minimum Gasteiger partial charge on any atom is -0.507 e. The molecule has 0 aliphatic heterocycles. The van der Waals surface area contributed by atoms with Gasteiger partial charge >= 0.3 is 0 Å². The van der Waals surface area contributed by atoms with Gasteiger partial charge in [0.15, 0.2) is 0 Å². The summed E-state index contributed by atoms with van der Waals surface area (Å²) in [4.78, 5) is 12.9. The van der Waals surface area contributed by atoms with Crippen molar-refractivity contribution >= 4 is 10.8 Å². The number of benzene rings is 3. The van der Waals surface area contributed by atoms with Gasteiger partial charge in [-0.2, -0.15) is 9.78 Å². The van der Waals surface area contributed by atoms with Crippen LogP contribution >= 0.6 is 0 Å². The Kier molecular flexibility index (Phi) is 3.58. The van der Waals surface area contributed by atoms with Crippen molar-refractivity contribution in [1.29, 1.82) is 0 Å². The standard InChI is InChI=1S/C21H16N2O2/c1-14-11-12-19(24)18(13-14)20-16-9-5-6-10-17(16)21(25)23(22-20)15-7-3-2-4-8-15/h2-13,24H,1H3. The summed E-state index contributed by atoms with van der Waals surface area (Å²) in [5.41, 5.74) is 2.71. The summed E-state index contributed by atoms with van der Waals surface area (Å²) in [6.07, 6.45) is 0. The second kappa shape index (κ2) is 5.91. The lowest BCUT2D eigenvalue weighted by atomic mass is 10.0. The molecule has 4 rings (SSSR count). The molecular formula is C21H16N2O2. The first-order valence-electron chi connectivity index (χ1n) is 8.02. The molecule has 0 fully saturated rings. The van der Waals surface area contributed by atoms with E-state index in [4.69, 9.17) is 0 Å². The monoisotopic (exact) mass is 328 g/mol. The fraction of sp³-hybridized carbons (Fsp3) is 0.0476. The molecule has 0 radical (unpaired) electrons. The van der Waals surface area contributed by atoms with E-state index in [0.717, 1.165) is 10.9 Å². The Morgan fingerprint density at radius 2 is 1.56 bits per heavy atom. The highest BCUT2D eigenvalue weighted by molar-refractivity contribution is 5.95. The molecule has 1 heterocycles. The van der Waals surface area contributed by atoms with Gasteiger partial charge in [0, 0.05) is 10.9 Å². The van der Waals surface area contributed by atoms with E-state index in [1.165, 1.54) is 4.68 Å². The van der Waals surface area contributed by atoms with Crippen LogP contribution in [0.1, 0.15) is 5.56 Å². The van der Waals surface area contributed by atoms with Gasteiger partial charge in [-0.1, -0.05) is 48.0 Å². The molecule has 122 valence electrons. The number of aromatic nitrogens is 2. The molecule has 0 bridgehead atoms. The van der Waals surface area contributed by atoms with Crippen molar-refractivity contribution in [2.24, 2.45) is 0 Å². The van der Waals surface area contributed by atoms with E-state index in [0.29, 0.717) is 22.3 Å². The zero-order valence-corrected chi connectivity index (χ0v) is 13.7. The Labute approximate surface area is 144 Å². The van der Waals surface area contributed by atoms with E-state index in [1.54, 1.807) is 12.1 Å². The van der Waals surface area contributed by atoms with Crippen LogP contribution in [0.25, 0.3) is 27.7 Å². The Hall–Kier alpha value is -3.40. The SMILES string of the molecule is Cc1ccc(O)c(-c2nn(-c3ccccc3)c(=O)c3ccccc23)c1.